The highest BCUT2D eigenvalue weighted by Crippen LogP contribution is 2.21. The maximum absolute atomic E-state index is 11.9. The molecule has 3 amide bonds. The molecule has 0 aliphatic carbocycles. The summed E-state index contributed by atoms with van der Waals surface area (Å²) in [4.78, 5) is 23.4. The van der Waals surface area contributed by atoms with E-state index in [1.165, 1.54) is 11.8 Å². The molecule has 112 valence electrons. The summed E-state index contributed by atoms with van der Waals surface area (Å²) < 4.78 is 1.79. The first-order valence-electron chi connectivity index (χ1n) is 6.55. The number of aromatic nitrogens is 3. The normalized spacial score (nSPS) is 12.4. The van der Waals surface area contributed by atoms with Gasteiger partial charge in [-0.2, -0.15) is 0 Å². The summed E-state index contributed by atoms with van der Waals surface area (Å²) in [7, 11) is 0. The van der Waals surface area contributed by atoms with Crippen LogP contribution in [0.3, 0.4) is 0 Å². The second-order valence-corrected chi connectivity index (χ2v) is 6.10. The Bertz CT molecular complexity index is 655. The Kier molecular flexibility index (Phi) is 4.79. The largest absolute Gasteiger partial charge is 0.336 e. The molecule has 0 bridgehead atoms. The van der Waals surface area contributed by atoms with Crippen molar-refractivity contribution in [2.24, 2.45) is 0 Å². The maximum atomic E-state index is 11.9. The van der Waals surface area contributed by atoms with E-state index in [9.17, 15) is 9.59 Å². The van der Waals surface area contributed by atoms with Crippen LogP contribution in [0.15, 0.2) is 29.6 Å². The van der Waals surface area contributed by atoms with Crippen molar-refractivity contribution in [3.63, 3.8) is 0 Å². The van der Waals surface area contributed by atoms with Crippen LogP contribution in [0.1, 0.15) is 20.8 Å². The van der Waals surface area contributed by atoms with Crippen LogP contribution in [-0.4, -0.2) is 37.8 Å². The average molecular weight is 307 g/mol. The lowest BCUT2D eigenvalue weighted by atomic mass is 10.4. The summed E-state index contributed by atoms with van der Waals surface area (Å²) in [6.07, 6.45) is 1.83. The lowest BCUT2D eigenvalue weighted by Crippen LogP contribution is -2.45. The second-order valence-electron chi connectivity index (χ2n) is 4.79. The van der Waals surface area contributed by atoms with Gasteiger partial charge in [-0.3, -0.25) is 14.5 Å². The van der Waals surface area contributed by atoms with Crippen molar-refractivity contribution in [1.29, 1.82) is 0 Å². The van der Waals surface area contributed by atoms with Crippen molar-refractivity contribution in [2.75, 3.05) is 0 Å². The van der Waals surface area contributed by atoms with Crippen LogP contribution in [0.4, 0.5) is 4.79 Å². The van der Waals surface area contributed by atoms with Gasteiger partial charge < -0.3 is 5.32 Å². The number of carbonyl (C=O) groups excluding carboxylic acids is 2. The maximum Gasteiger partial charge on any atom is 0.321 e. The van der Waals surface area contributed by atoms with Gasteiger partial charge in [0.1, 0.15) is 0 Å². The van der Waals surface area contributed by atoms with E-state index in [-0.39, 0.29) is 11.9 Å². The van der Waals surface area contributed by atoms with Gasteiger partial charge in [0.25, 0.3) is 0 Å². The Labute approximate surface area is 126 Å². The van der Waals surface area contributed by atoms with E-state index < -0.39 is 11.3 Å². The fraction of sp³-hybridized carbons (Fsp3) is 0.385. The third-order valence-corrected chi connectivity index (χ3v) is 3.65. The molecule has 1 atom stereocenters. The number of fused-ring (bicyclic) bond motifs is 1. The molecule has 0 saturated heterocycles. The number of amides is 3. The molecule has 2 heterocycles. The minimum absolute atomic E-state index is 0.0267. The highest BCUT2D eigenvalue weighted by molar-refractivity contribution is 8.00. The first-order chi connectivity index (χ1) is 9.97. The molecule has 0 aliphatic heterocycles. The van der Waals surface area contributed by atoms with Crippen molar-refractivity contribution in [3.8, 4) is 0 Å². The number of nitrogens with zero attached hydrogens (tertiary/aromatic N) is 3. The van der Waals surface area contributed by atoms with Crippen LogP contribution < -0.4 is 10.6 Å². The summed E-state index contributed by atoms with van der Waals surface area (Å²) in [5, 5.41) is 13.1. The van der Waals surface area contributed by atoms with Gasteiger partial charge in [-0.05, 0) is 32.9 Å². The van der Waals surface area contributed by atoms with Gasteiger partial charge in [0.2, 0.25) is 5.91 Å². The molecule has 2 rings (SSSR count). The van der Waals surface area contributed by atoms with Crippen LogP contribution in [0.5, 0.6) is 0 Å². The minimum atomic E-state index is -0.492. The van der Waals surface area contributed by atoms with Gasteiger partial charge >= 0.3 is 6.03 Å². The van der Waals surface area contributed by atoms with E-state index in [1.54, 1.807) is 11.3 Å². The zero-order chi connectivity index (χ0) is 15.4. The molecular weight excluding hydrogens is 290 g/mol. The average Bonchev–Trinajstić information content (AvgIpc) is 2.81. The molecule has 0 fully saturated rings. The van der Waals surface area contributed by atoms with Gasteiger partial charge in [0.15, 0.2) is 10.8 Å². The Morgan fingerprint density at radius 1 is 1.24 bits per heavy atom. The van der Waals surface area contributed by atoms with Gasteiger partial charge in [0, 0.05) is 12.2 Å². The zero-order valence-electron chi connectivity index (χ0n) is 12.0. The molecular formula is C13H17N5O2S. The van der Waals surface area contributed by atoms with Gasteiger partial charge in [0.05, 0.1) is 5.25 Å². The fourth-order valence-corrected chi connectivity index (χ4v) is 2.46. The van der Waals surface area contributed by atoms with Crippen molar-refractivity contribution >= 4 is 29.3 Å². The number of hydrogen-bond donors (Lipinski definition) is 2. The van der Waals surface area contributed by atoms with Gasteiger partial charge in [-0.1, -0.05) is 17.8 Å². The molecule has 7 nitrogen and oxygen atoms in total. The molecule has 0 spiro atoms. The summed E-state index contributed by atoms with van der Waals surface area (Å²) in [5.74, 6) is -0.370. The molecule has 21 heavy (non-hydrogen) atoms. The molecule has 2 aromatic heterocycles. The number of rotatable bonds is 4. The van der Waals surface area contributed by atoms with E-state index in [2.05, 4.69) is 20.8 Å². The van der Waals surface area contributed by atoms with Crippen molar-refractivity contribution in [1.82, 2.24) is 25.2 Å². The minimum Gasteiger partial charge on any atom is -0.336 e. The quantitative estimate of drug-likeness (QED) is 0.835. The van der Waals surface area contributed by atoms with Gasteiger partial charge in [-0.25, -0.2) is 4.79 Å². The summed E-state index contributed by atoms with van der Waals surface area (Å²) in [6, 6.07) is 5.04. The molecule has 0 unspecified atom stereocenters. The van der Waals surface area contributed by atoms with Crippen LogP contribution >= 0.6 is 11.8 Å². The van der Waals surface area contributed by atoms with Crippen LogP contribution in [0.25, 0.3) is 5.65 Å². The van der Waals surface area contributed by atoms with Crippen LogP contribution in [-0.2, 0) is 4.79 Å². The Morgan fingerprint density at radius 2 is 2.00 bits per heavy atom. The van der Waals surface area contributed by atoms with E-state index in [0.29, 0.717) is 10.8 Å². The first kappa shape index (κ1) is 15.3. The Morgan fingerprint density at radius 3 is 2.71 bits per heavy atom. The molecule has 0 radical (unpaired) electrons. The Balaban J connectivity index is 1.99. The van der Waals surface area contributed by atoms with Crippen molar-refractivity contribution in [3.05, 3.63) is 24.4 Å². The van der Waals surface area contributed by atoms with Crippen molar-refractivity contribution < 1.29 is 9.59 Å². The van der Waals surface area contributed by atoms with Crippen LogP contribution in [0.2, 0.25) is 0 Å². The summed E-state index contributed by atoms with van der Waals surface area (Å²) in [6.45, 7) is 5.36. The Hall–Kier alpha value is -2.09. The summed E-state index contributed by atoms with van der Waals surface area (Å²) in [5.41, 5.74) is 0.713. The van der Waals surface area contributed by atoms with E-state index in [4.69, 9.17) is 0 Å². The van der Waals surface area contributed by atoms with E-state index in [0.717, 1.165) is 0 Å². The third kappa shape index (κ3) is 3.94. The van der Waals surface area contributed by atoms with Crippen LogP contribution in [0, 0.1) is 0 Å². The standard InChI is InChI=1S/C13H17N5O2S/c1-8(2)14-12(20)15-11(19)9(3)21-13-17-16-10-6-4-5-7-18(10)13/h4-9H,1-3H3,(H2,14,15,19,20)/t9-/m1/s1. The second kappa shape index (κ2) is 6.57. The SMILES string of the molecule is CC(C)NC(=O)NC(=O)[C@@H](C)Sc1nnc2ccccn12. The van der Waals surface area contributed by atoms with E-state index >= 15 is 0 Å². The zero-order valence-corrected chi connectivity index (χ0v) is 12.8. The highest BCUT2D eigenvalue weighted by Gasteiger charge is 2.19. The number of pyridine rings is 1. The molecule has 2 aromatic rings. The monoisotopic (exact) mass is 307 g/mol. The lowest BCUT2D eigenvalue weighted by molar-refractivity contribution is -0.119. The molecule has 8 heteroatoms. The molecule has 2 N–H and O–H groups in total. The third-order valence-electron chi connectivity index (χ3n) is 2.59. The number of hydrogen-bond acceptors (Lipinski definition) is 5. The van der Waals surface area contributed by atoms with E-state index in [1.807, 2.05) is 38.2 Å². The smallest absolute Gasteiger partial charge is 0.321 e. The molecule has 0 aromatic carbocycles. The number of imide groups is 1. The molecule has 0 aliphatic rings. The van der Waals surface area contributed by atoms with Crippen molar-refractivity contribution in [2.45, 2.75) is 37.2 Å². The predicted molar refractivity (Wildman–Crippen MR) is 80.1 cm³/mol. The number of nitrogens with one attached hydrogen (secondary N) is 2. The fourth-order valence-electron chi connectivity index (χ4n) is 1.62. The predicted octanol–water partition coefficient (Wildman–Crippen LogP) is 1.44. The molecule has 0 saturated carbocycles. The topological polar surface area (TPSA) is 88.4 Å². The number of thioether (sulfide) groups is 1. The first-order valence-corrected chi connectivity index (χ1v) is 7.43. The highest BCUT2D eigenvalue weighted by atomic mass is 32.2. The number of urea groups is 1. The summed E-state index contributed by atoms with van der Waals surface area (Å²) >= 11 is 1.25. The van der Waals surface area contributed by atoms with Gasteiger partial charge in [-0.15, -0.1) is 10.2 Å². The lowest BCUT2D eigenvalue weighted by Gasteiger charge is -2.12. The number of carbonyl (C=O) groups is 2.